The molecule has 152 valence electrons. The van der Waals surface area contributed by atoms with Crippen LogP contribution in [0.1, 0.15) is 12.8 Å². The number of thiazole rings is 1. The molecule has 1 aliphatic rings. The summed E-state index contributed by atoms with van der Waals surface area (Å²) in [6, 6.07) is 14.4. The molecule has 1 aromatic heterocycles. The Bertz CT molecular complexity index is 1050. The number of piperidine rings is 1. The highest BCUT2D eigenvalue weighted by atomic mass is 35.5. The largest absolute Gasteiger partial charge is 0.348 e. The summed E-state index contributed by atoms with van der Waals surface area (Å²) in [6.45, 7) is 2.23. The van der Waals surface area contributed by atoms with Gasteiger partial charge in [-0.05, 0) is 54.2 Å². The fraction of sp³-hybridized carbons (Fsp3) is 0.286. The summed E-state index contributed by atoms with van der Waals surface area (Å²) in [5.74, 6) is 0.271. The minimum atomic E-state index is -3.55. The molecule has 3 aromatic rings. The Labute approximate surface area is 180 Å². The second kappa shape index (κ2) is 8.83. The molecular formula is C21H22ClN3O2S2. The maximum absolute atomic E-state index is 12.7. The van der Waals surface area contributed by atoms with Crippen LogP contribution in [0.4, 0.5) is 5.13 Å². The highest BCUT2D eigenvalue weighted by Crippen LogP contribution is 2.26. The van der Waals surface area contributed by atoms with Gasteiger partial charge >= 0.3 is 0 Å². The number of rotatable bonds is 6. The van der Waals surface area contributed by atoms with Crippen LogP contribution in [0.5, 0.6) is 0 Å². The smallest absolute Gasteiger partial charge is 0.240 e. The molecule has 2 heterocycles. The summed E-state index contributed by atoms with van der Waals surface area (Å²) in [4.78, 5) is 6.88. The van der Waals surface area contributed by atoms with E-state index in [1.807, 2.05) is 41.8 Å². The van der Waals surface area contributed by atoms with Crippen molar-refractivity contribution in [2.24, 2.45) is 5.92 Å². The number of hydrogen-bond donors (Lipinski definition) is 1. The molecule has 4 rings (SSSR count). The van der Waals surface area contributed by atoms with Crippen LogP contribution in [-0.4, -0.2) is 33.0 Å². The number of halogens is 1. The van der Waals surface area contributed by atoms with Crippen LogP contribution in [0.25, 0.3) is 11.1 Å². The average molecular weight is 448 g/mol. The van der Waals surface area contributed by atoms with Gasteiger partial charge in [-0.2, -0.15) is 0 Å². The molecule has 1 N–H and O–H groups in total. The van der Waals surface area contributed by atoms with Gasteiger partial charge in [0.25, 0.3) is 0 Å². The number of sulfonamides is 1. The van der Waals surface area contributed by atoms with E-state index in [1.54, 1.807) is 29.7 Å². The van der Waals surface area contributed by atoms with Gasteiger partial charge in [0.2, 0.25) is 10.0 Å². The molecule has 0 bridgehead atoms. The highest BCUT2D eigenvalue weighted by molar-refractivity contribution is 7.89. The second-order valence-corrected chi connectivity index (χ2v) is 10.2. The molecule has 1 aliphatic heterocycles. The first kappa shape index (κ1) is 20.3. The lowest BCUT2D eigenvalue weighted by Crippen LogP contribution is -2.41. The standard InChI is InChI=1S/C21H22ClN3O2S2/c22-19-5-1-4-18(13-19)17-6-8-20(9-7-17)29(26,27)24-14-16-3-2-11-25(15-16)21-23-10-12-28-21/h1,4-10,12-13,16,24H,2-3,11,14-15H2. The number of nitrogens with one attached hydrogen (secondary N) is 1. The number of nitrogens with zero attached hydrogens (tertiary/aromatic N) is 2. The molecule has 29 heavy (non-hydrogen) atoms. The Morgan fingerprint density at radius 3 is 2.72 bits per heavy atom. The number of benzene rings is 2. The van der Waals surface area contributed by atoms with E-state index >= 15 is 0 Å². The van der Waals surface area contributed by atoms with Gasteiger partial charge in [-0.3, -0.25) is 0 Å². The predicted octanol–water partition coefficient (Wildman–Crippen LogP) is 4.66. The van der Waals surface area contributed by atoms with Crippen molar-refractivity contribution in [1.82, 2.24) is 9.71 Å². The Morgan fingerprint density at radius 2 is 2.00 bits per heavy atom. The van der Waals surface area contributed by atoms with Crippen molar-refractivity contribution in [3.8, 4) is 11.1 Å². The zero-order chi connectivity index (χ0) is 20.3. The van der Waals surface area contributed by atoms with Gasteiger partial charge < -0.3 is 4.90 Å². The molecule has 0 radical (unpaired) electrons. The molecule has 0 saturated carbocycles. The third-order valence-electron chi connectivity index (χ3n) is 5.09. The third kappa shape index (κ3) is 4.98. The molecule has 2 aromatic carbocycles. The van der Waals surface area contributed by atoms with Crippen LogP contribution in [-0.2, 0) is 10.0 Å². The molecule has 5 nitrogen and oxygen atoms in total. The van der Waals surface area contributed by atoms with Crippen molar-refractivity contribution < 1.29 is 8.42 Å². The van der Waals surface area contributed by atoms with Gasteiger partial charge in [-0.15, -0.1) is 11.3 Å². The van der Waals surface area contributed by atoms with E-state index in [2.05, 4.69) is 14.6 Å². The zero-order valence-electron chi connectivity index (χ0n) is 15.8. The molecule has 1 saturated heterocycles. The molecule has 1 unspecified atom stereocenters. The van der Waals surface area contributed by atoms with Crippen molar-refractivity contribution in [2.45, 2.75) is 17.7 Å². The minimum Gasteiger partial charge on any atom is -0.348 e. The van der Waals surface area contributed by atoms with Crippen LogP contribution in [0.3, 0.4) is 0 Å². The molecular weight excluding hydrogens is 426 g/mol. The molecule has 8 heteroatoms. The maximum Gasteiger partial charge on any atom is 0.240 e. The summed E-state index contributed by atoms with van der Waals surface area (Å²) in [5.41, 5.74) is 1.89. The van der Waals surface area contributed by atoms with Gasteiger partial charge in [0.1, 0.15) is 0 Å². The molecule has 0 aliphatic carbocycles. The highest BCUT2D eigenvalue weighted by Gasteiger charge is 2.23. The topological polar surface area (TPSA) is 62.3 Å². The van der Waals surface area contributed by atoms with Gasteiger partial charge in [0.05, 0.1) is 4.90 Å². The SMILES string of the molecule is O=S(=O)(NCC1CCCN(c2nccs2)C1)c1ccc(-c2cccc(Cl)c2)cc1. The first-order valence-corrected chi connectivity index (χ1v) is 12.3. The van der Waals surface area contributed by atoms with Crippen LogP contribution >= 0.6 is 22.9 Å². The number of anilines is 1. The van der Waals surface area contributed by atoms with E-state index in [1.165, 1.54) is 0 Å². The van der Waals surface area contributed by atoms with Crippen molar-refractivity contribution in [2.75, 3.05) is 24.5 Å². The lowest BCUT2D eigenvalue weighted by molar-refractivity contribution is 0.410. The summed E-state index contributed by atoms with van der Waals surface area (Å²) in [7, 11) is -3.55. The summed E-state index contributed by atoms with van der Waals surface area (Å²) in [6.07, 6.45) is 3.86. The monoisotopic (exact) mass is 447 g/mol. The van der Waals surface area contributed by atoms with Crippen molar-refractivity contribution >= 4 is 38.1 Å². The first-order valence-electron chi connectivity index (χ1n) is 9.51. The Balaban J connectivity index is 1.39. The maximum atomic E-state index is 12.7. The van der Waals surface area contributed by atoms with E-state index in [9.17, 15) is 8.42 Å². The fourth-order valence-electron chi connectivity index (χ4n) is 3.58. The Kier molecular flexibility index (Phi) is 6.20. The first-order chi connectivity index (χ1) is 14.0. The van der Waals surface area contributed by atoms with E-state index in [0.717, 1.165) is 42.2 Å². The number of aromatic nitrogens is 1. The molecule has 0 spiro atoms. The Morgan fingerprint density at radius 1 is 1.17 bits per heavy atom. The lowest BCUT2D eigenvalue weighted by Gasteiger charge is -2.32. The normalized spacial score (nSPS) is 17.4. The predicted molar refractivity (Wildman–Crippen MR) is 119 cm³/mol. The average Bonchev–Trinajstić information content (AvgIpc) is 3.28. The van der Waals surface area contributed by atoms with Crippen LogP contribution in [0, 0.1) is 5.92 Å². The van der Waals surface area contributed by atoms with Gasteiger partial charge in [-0.25, -0.2) is 18.1 Å². The molecule has 0 amide bonds. The quantitative estimate of drug-likeness (QED) is 0.597. The van der Waals surface area contributed by atoms with E-state index in [0.29, 0.717) is 11.6 Å². The fourth-order valence-corrected chi connectivity index (χ4v) is 5.57. The summed E-state index contributed by atoms with van der Waals surface area (Å²) >= 11 is 7.66. The summed E-state index contributed by atoms with van der Waals surface area (Å²) in [5, 5.41) is 3.63. The minimum absolute atomic E-state index is 0.271. The van der Waals surface area contributed by atoms with Gasteiger partial charge in [0.15, 0.2) is 5.13 Å². The third-order valence-corrected chi connectivity index (χ3v) is 7.60. The van der Waals surface area contributed by atoms with Crippen LogP contribution in [0.2, 0.25) is 5.02 Å². The Hall–Kier alpha value is -1.93. The van der Waals surface area contributed by atoms with E-state index < -0.39 is 10.0 Å². The molecule has 1 atom stereocenters. The lowest BCUT2D eigenvalue weighted by atomic mass is 9.99. The van der Waals surface area contributed by atoms with Gasteiger partial charge in [-0.1, -0.05) is 35.9 Å². The second-order valence-electron chi connectivity index (χ2n) is 7.16. The number of hydrogen-bond acceptors (Lipinski definition) is 5. The zero-order valence-corrected chi connectivity index (χ0v) is 18.2. The van der Waals surface area contributed by atoms with E-state index in [4.69, 9.17) is 11.6 Å². The van der Waals surface area contributed by atoms with Crippen molar-refractivity contribution in [1.29, 1.82) is 0 Å². The van der Waals surface area contributed by atoms with Crippen LogP contribution in [0.15, 0.2) is 65.0 Å². The summed E-state index contributed by atoms with van der Waals surface area (Å²) < 4.78 is 28.2. The van der Waals surface area contributed by atoms with E-state index in [-0.39, 0.29) is 10.8 Å². The molecule has 1 fully saturated rings. The van der Waals surface area contributed by atoms with Gasteiger partial charge in [0, 0.05) is 36.2 Å². The van der Waals surface area contributed by atoms with Crippen LogP contribution < -0.4 is 9.62 Å². The van der Waals surface area contributed by atoms with Crippen molar-refractivity contribution in [3.05, 3.63) is 65.1 Å². The van der Waals surface area contributed by atoms with Crippen molar-refractivity contribution in [3.63, 3.8) is 0 Å².